The highest BCUT2D eigenvalue weighted by molar-refractivity contribution is 5.78. The molecule has 0 aliphatic carbocycles. The molecule has 0 unspecified atom stereocenters. The molecule has 1 fully saturated rings. The molecule has 3 rings (SSSR count). The van der Waals surface area contributed by atoms with Gasteiger partial charge in [-0.3, -0.25) is 9.69 Å². The van der Waals surface area contributed by atoms with Crippen molar-refractivity contribution in [3.8, 4) is 0 Å². The molecule has 1 aliphatic rings. The van der Waals surface area contributed by atoms with Crippen molar-refractivity contribution in [2.24, 2.45) is 5.92 Å². The number of amides is 1. The van der Waals surface area contributed by atoms with E-state index >= 15 is 0 Å². The lowest BCUT2D eigenvalue weighted by atomic mass is 9.95. The summed E-state index contributed by atoms with van der Waals surface area (Å²) in [7, 11) is 0. The van der Waals surface area contributed by atoms with Gasteiger partial charge in [0.2, 0.25) is 5.91 Å². The number of hydrogen-bond acceptors (Lipinski definition) is 2. The molecule has 1 N–H and O–H groups in total. The van der Waals surface area contributed by atoms with Crippen molar-refractivity contribution in [3.63, 3.8) is 0 Å². The van der Waals surface area contributed by atoms with Crippen LogP contribution in [0.15, 0.2) is 48.5 Å². The molecule has 0 radical (unpaired) electrons. The van der Waals surface area contributed by atoms with Crippen molar-refractivity contribution in [1.82, 2.24) is 10.2 Å². The number of carbonyl (C=O) groups is 1. The second kappa shape index (κ2) is 8.21. The molecule has 0 spiro atoms. The third-order valence-electron chi connectivity index (χ3n) is 4.67. The summed E-state index contributed by atoms with van der Waals surface area (Å²) in [5, 5.41) is 2.89. The second-order valence-electron chi connectivity index (χ2n) is 6.49. The number of nitrogens with one attached hydrogen (secondary N) is 1. The van der Waals surface area contributed by atoms with Gasteiger partial charge in [-0.2, -0.15) is 0 Å². The normalized spacial score (nSPS) is 15.9. The average molecular weight is 344 g/mol. The Morgan fingerprint density at radius 3 is 2.56 bits per heavy atom. The molecule has 0 atom stereocenters. The van der Waals surface area contributed by atoms with Gasteiger partial charge in [-0.05, 0) is 49.7 Å². The Morgan fingerprint density at radius 1 is 1.08 bits per heavy atom. The van der Waals surface area contributed by atoms with Crippen LogP contribution in [0.3, 0.4) is 0 Å². The molecule has 1 heterocycles. The van der Waals surface area contributed by atoms with E-state index < -0.39 is 0 Å². The van der Waals surface area contributed by atoms with Gasteiger partial charge in [0.05, 0.1) is 0 Å². The van der Waals surface area contributed by atoms with Crippen molar-refractivity contribution in [3.05, 3.63) is 71.3 Å². The first kappa shape index (κ1) is 17.5. The fraction of sp³-hybridized carbons (Fsp3) is 0.350. The van der Waals surface area contributed by atoms with Crippen LogP contribution >= 0.6 is 0 Å². The number of piperidine rings is 1. The summed E-state index contributed by atoms with van der Waals surface area (Å²) < 4.78 is 26.9. The van der Waals surface area contributed by atoms with Crippen LogP contribution in [0.4, 0.5) is 8.78 Å². The van der Waals surface area contributed by atoms with E-state index in [-0.39, 0.29) is 23.5 Å². The molecule has 0 bridgehead atoms. The maximum atomic E-state index is 13.7. The van der Waals surface area contributed by atoms with E-state index in [1.54, 1.807) is 24.3 Å². The minimum atomic E-state index is -0.298. The van der Waals surface area contributed by atoms with Crippen LogP contribution in [0.25, 0.3) is 0 Å². The van der Waals surface area contributed by atoms with Gasteiger partial charge in [0.1, 0.15) is 11.6 Å². The van der Waals surface area contributed by atoms with Gasteiger partial charge in [-0.15, -0.1) is 0 Å². The molecule has 2 aromatic carbocycles. The van der Waals surface area contributed by atoms with Crippen molar-refractivity contribution >= 4 is 5.91 Å². The monoisotopic (exact) mass is 344 g/mol. The molecule has 0 saturated carbocycles. The summed E-state index contributed by atoms with van der Waals surface area (Å²) in [6, 6.07) is 13.0. The molecule has 5 heteroatoms. The zero-order valence-corrected chi connectivity index (χ0v) is 14.1. The molecular weight excluding hydrogens is 322 g/mol. The summed E-state index contributed by atoms with van der Waals surface area (Å²) in [5.74, 6) is -0.508. The Bertz CT molecular complexity index is 727. The molecule has 1 aliphatic heterocycles. The summed E-state index contributed by atoms with van der Waals surface area (Å²) >= 11 is 0. The minimum Gasteiger partial charge on any atom is -0.352 e. The van der Waals surface area contributed by atoms with E-state index in [0.29, 0.717) is 18.7 Å². The van der Waals surface area contributed by atoms with Crippen molar-refractivity contribution < 1.29 is 13.6 Å². The summed E-state index contributed by atoms with van der Waals surface area (Å²) in [6.45, 7) is 2.45. The van der Waals surface area contributed by atoms with Crippen LogP contribution in [-0.2, 0) is 17.9 Å². The largest absolute Gasteiger partial charge is 0.352 e. The minimum absolute atomic E-state index is 0.00908. The lowest BCUT2D eigenvalue weighted by Gasteiger charge is -2.31. The molecule has 0 aromatic heterocycles. The van der Waals surface area contributed by atoms with Gasteiger partial charge in [-0.1, -0.05) is 30.3 Å². The average Bonchev–Trinajstić information content (AvgIpc) is 2.62. The zero-order valence-electron chi connectivity index (χ0n) is 14.1. The molecule has 2 aromatic rings. The van der Waals surface area contributed by atoms with Gasteiger partial charge in [0.25, 0.3) is 0 Å². The third kappa shape index (κ3) is 4.86. The maximum absolute atomic E-state index is 13.7. The lowest BCUT2D eigenvalue weighted by Crippen LogP contribution is -2.40. The molecular formula is C20H22F2N2O. The van der Waals surface area contributed by atoms with Crippen LogP contribution in [0.2, 0.25) is 0 Å². The predicted molar refractivity (Wildman–Crippen MR) is 92.6 cm³/mol. The number of likely N-dealkylation sites (tertiary alicyclic amines) is 1. The number of carbonyl (C=O) groups excluding carboxylic acids is 1. The summed E-state index contributed by atoms with van der Waals surface area (Å²) in [6.07, 6.45) is 1.51. The number of hydrogen-bond donors (Lipinski definition) is 1. The molecule has 1 saturated heterocycles. The van der Waals surface area contributed by atoms with E-state index in [2.05, 4.69) is 10.2 Å². The standard InChI is InChI=1S/C20H22F2N2O/c21-18-6-3-4-15(12-18)13-23-20(25)16-8-10-24(11-9-16)14-17-5-1-2-7-19(17)22/h1-7,12,16H,8-11,13-14H2,(H,23,25). The summed E-state index contributed by atoms with van der Waals surface area (Å²) in [4.78, 5) is 14.5. The van der Waals surface area contributed by atoms with Gasteiger partial charge in [-0.25, -0.2) is 8.78 Å². The quantitative estimate of drug-likeness (QED) is 0.900. The first-order valence-corrected chi connectivity index (χ1v) is 8.60. The highest BCUT2D eigenvalue weighted by Gasteiger charge is 2.25. The third-order valence-corrected chi connectivity index (χ3v) is 4.67. The van der Waals surface area contributed by atoms with Crippen LogP contribution in [0.5, 0.6) is 0 Å². The lowest BCUT2D eigenvalue weighted by molar-refractivity contribution is -0.126. The smallest absolute Gasteiger partial charge is 0.223 e. The van der Waals surface area contributed by atoms with Crippen LogP contribution < -0.4 is 5.32 Å². The Labute approximate surface area is 146 Å². The number of benzene rings is 2. The molecule has 132 valence electrons. The topological polar surface area (TPSA) is 32.3 Å². The Morgan fingerprint density at radius 2 is 1.84 bits per heavy atom. The number of rotatable bonds is 5. The first-order valence-electron chi connectivity index (χ1n) is 8.60. The first-order chi connectivity index (χ1) is 12.1. The van der Waals surface area contributed by atoms with E-state index in [0.717, 1.165) is 31.5 Å². The maximum Gasteiger partial charge on any atom is 0.223 e. The molecule has 3 nitrogen and oxygen atoms in total. The predicted octanol–water partition coefficient (Wildman–Crippen LogP) is 3.49. The van der Waals surface area contributed by atoms with Crippen LogP contribution in [0.1, 0.15) is 24.0 Å². The van der Waals surface area contributed by atoms with Crippen LogP contribution in [0, 0.1) is 17.6 Å². The summed E-state index contributed by atoms with van der Waals surface area (Å²) in [5.41, 5.74) is 1.45. The molecule has 25 heavy (non-hydrogen) atoms. The van der Waals surface area contributed by atoms with Crippen molar-refractivity contribution in [2.75, 3.05) is 13.1 Å². The number of nitrogens with zero attached hydrogens (tertiary/aromatic N) is 1. The Hall–Kier alpha value is -2.27. The highest BCUT2D eigenvalue weighted by atomic mass is 19.1. The second-order valence-corrected chi connectivity index (χ2v) is 6.49. The van der Waals surface area contributed by atoms with E-state index in [1.165, 1.54) is 18.2 Å². The van der Waals surface area contributed by atoms with E-state index in [1.807, 2.05) is 6.07 Å². The highest BCUT2D eigenvalue weighted by Crippen LogP contribution is 2.20. The van der Waals surface area contributed by atoms with Crippen molar-refractivity contribution in [2.45, 2.75) is 25.9 Å². The fourth-order valence-corrected chi connectivity index (χ4v) is 3.20. The van der Waals surface area contributed by atoms with Gasteiger partial charge >= 0.3 is 0 Å². The van der Waals surface area contributed by atoms with Gasteiger partial charge < -0.3 is 5.32 Å². The van der Waals surface area contributed by atoms with Gasteiger partial charge in [0.15, 0.2) is 0 Å². The Balaban J connectivity index is 1.45. The molecule has 1 amide bonds. The fourth-order valence-electron chi connectivity index (χ4n) is 3.20. The Kier molecular flexibility index (Phi) is 5.76. The van der Waals surface area contributed by atoms with Gasteiger partial charge in [0, 0.05) is 24.6 Å². The van der Waals surface area contributed by atoms with Crippen molar-refractivity contribution in [1.29, 1.82) is 0 Å². The van der Waals surface area contributed by atoms with E-state index in [9.17, 15) is 13.6 Å². The van der Waals surface area contributed by atoms with E-state index in [4.69, 9.17) is 0 Å². The number of halogens is 2. The SMILES string of the molecule is O=C(NCc1cccc(F)c1)C1CCN(Cc2ccccc2F)CC1. The zero-order chi connectivity index (χ0) is 17.6. The van der Waals surface area contributed by atoms with Crippen LogP contribution in [-0.4, -0.2) is 23.9 Å².